The van der Waals surface area contributed by atoms with E-state index in [9.17, 15) is 4.79 Å². The van der Waals surface area contributed by atoms with E-state index in [4.69, 9.17) is 9.47 Å². The van der Waals surface area contributed by atoms with Gasteiger partial charge in [0.25, 0.3) is 0 Å². The number of para-hydroxylation sites is 2. The third-order valence-electron chi connectivity index (χ3n) is 5.53. The van der Waals surface area contributed by atoms with Crippen molar-refractivity contribution in [3.8, 4) is 11.5 Å². The summed E-state index contributed by atoms with van der Waals surface area (Å²) in [4.78, 5) is 13.3. The first-order chi connectivity index (χ1) is 13.8. The van der Waals surface area contributed by atoms with Gasteiger partial charge in [0.1, 0.15) is 0 Å². The Balaban J connectivity index is 1.92. The van der Waals surface area contributed by atoms with E-state index in [-0.39, 0.29) is 17.2 Å². The zero-order valence-corrected chi connectivity index (χ0v) is 18.6. The van der Waals surface area contributed by atoms with Crippen LogP contribution in [0, 0.1) is 5.41 Å². The molecule has 4 rings (SSSR count). The van der Waals surface area contributed by atoms with Crippen LogP contribution in [0.5, 0.6) is 11.5 Å². The van der Waals surface area contributed by atoms with Crippen molar-refractivity contribution in [3.05, 3.63) is 57.7 Å². The average molecular weight is 457 g/mol. The highest BCUT2D eigenvalue weighted by atomic mass is 79.9. The smallest absolute Gasteiger partial charge is 0.163 e. The molecule has 1 heterocycles. The van der Waals surface area contributed by atoms with Gasteiger partial charge in [-0.2, -0.15) is 0 Å². The van der Waals surface area contributed by atoms with Crippen molar-refractivity contribution in [3.63, 3.8) is 0 Å². The van der Waals surface area contributed by atoms with E-state index >= 15 is 0 Å². The largest absolute Gasteiger partial charge is 0.493 e. The van der Waals surface area contributed by atoms with Crippen LogP contribution >= 0.6 is 15.9 Å². The lowest BCUT2D eigenvalue weighted by molar-refractivity contribution is -0.118. The molecule has 0 amide bonds. The number of halogens is 1. The van der Waals surface area contributed by atoms with Crippen LogP contribution in [0.2, 0.25) is 0 Å². The maximum atomic E-state index is 13.3. The highest BCUT2D eigenvalue weighted by molar-refractivity contribution is 9.10. The number of ether oxygens (including phenoxy) is 2. The fraction of sp³-hybridized carbons (Fsp3) is 0.348. The average Bonchev–Trinajstić information content (AvgIpc) is 2.83. The zero-order chi connectivity index (χ0) is 20.8. The molecular weight excluding hydrogens is 432 g/mol. The number of benzene rings is 2. The van der Waals surface area contributed by atoms with Crippen molar-refractivity contribution in [1.29, 1.82) is 0 Å². The summed E-state index contributed by atoms with van der Waals surface area (Å²) in [6.45, 7) is 4.28. The Labute approximate surface area is 179 Å². The van der Waals surface area contributed by atoms with Crippen molar-refractivity contribution in [1.82, 2.24) is 0 Å². The van der Waals surface area contributed by atoms with Gasteiger partial charge in [-0.15, -0.1) is 0 Å². The summed E-state index contributed by atoms with van der Waals surface area (Å²) in [6.07, 6.45) is 1.33. The summed E-state index contributed by atoms with van der Waals surface area (Å²) < 4.78 is 11.8. The zero-order valence-electron chi connectivity index (χ0n) is 17.1. The molecule has 1 aliphatic heterocycles. The molecule has 0 saturated carbocycles. The number of ketones is 1. The lowest BCUT2D eigenvalue weighted by Gasteiger charge is -2.34. The monoisotopic (exact) mass is 456 g/mol. The summed E-state index contributed by atoms with van der Waals surface area (Å²) in [5.41, 5.74) is 4.55. The molecule has 2 N–H and O–H groups in total. The van der Waals surface area contributed by atoms with Gasteiger partial charge in [-0.3, -0.25) is 4.79 Å². The van der Waals surface area contributed by atoms with Gasteiger partial charge in [-0.05, 0) is 41.7 Å². The van der Waals surface area contributed by atoms with E-state index in [1.165, 1.54) is 0 Å². The molecule has 0 aromatic heterocycles. The molecule has 29 heavy (non-hydrogen) atoms. The molecule has 0 saturated heterocycles. The molecule has 2 aromatic carbocycles. The van der Waals surface area contributed by atoms with Gasteiger partial charge in [-0.1, -0.05) is 41.9 Å². The topological polar surface area (TPSA) is 59.6 Å². The number of methoxy groups -OCH3 is 2. The number of allylic oxidation sites excluding steroid dienone is 1. The van der Waals surface area contributed by atoms with Crippen LogP contribution in [0.15, 0.2) is 52.1 Å². The summed E-state index contributed by atoms with van der Waals surface area (Å²) in [5, 5.41) is 7.14. The lowest BCUT2D eigenvalue weighted by atomic mass is 9.73. The Hall–Kier alpha value is -2.47. The highest BCUT2D eigenvalue weighted by Crippen LogP contribution is 2.47. The summed E-state index contributed by atoms with van der Waals surface area (Å²) in [7, 11) is 3.23. The minimum Gasteiger partial charge on any atom is -0.493 e. The molecule has 6 heteroatoms. The van der Waals surface area contributed by atoms with Crippen molar-refractivity contribution in [2.24, 2.45) is 5.41 Å². The molecule has 152 valence electrons. The van der Waals surface area contributed by atoms with E-state index in [2.05, 4.69) is 40.4 Å². The van der Waals surface area contributed by atoms with Crippen LogP contribution in [0.4, 0.5) is 11.4 Å². The van der Waals surface area contributed by atoms with Crippen molar-refractivity contribution in [2.45, 2.75) is 32.7 Å². The summed E-state index contributed by atoms with van der Waals surface area (Å²) in [5.74, 6) is 1.43. The van der Waals surface area contributed by atoms with Crippen LogP contribution in [0.1, 0.15) is 38.3 Å². The standard InChI is InChI=1S/C23H25BrN2O3/c1-23(2)11-17-21(18(27)12-23)22(26-16-8-6-5-7-15(16)25-17)13-9-19(28-3)20(29-4)10-14(13)24/h5-10,22,25-26H,11-12H2,1-4H3. The predicted octanol–water partition coefficient (Wildman–Crippen LogP) is 5.69. The van der Waals surface area contributed by atoms with E-state index in [0.717, 1.165) is 39.1 Å². The number of fused-ring (bicyclic) bond motifs is 1. The second-order valence-electron chi connectivity index (χ2n) is 8.31. The molecule has 2 aromatic rings. The van der Waals surface area contributed by atoms with Crippen LogP contribution in [0.25, 0.3) is 0 Å². The van der Waals surface area contributed by atoms with Gasteiger partial charge < -0.3 is 20.1 Å². The molecule has 0 spiro atoms. The van der Waals surface area contributed by atoms with Crippen molar-refractivity contribution in [2.75, 3.05) is 24.9 Å². The van der Waals surface area contributed by atoms with Gasteiger partial charge in [0.2, 0.25) is 0 Å². The first-order valence-corrected chi connectivity index (χ1v) is 10.4. The molecule has 1 aliphatic carbocycles. The van der Waals surface area contributed by atoms with Gasteiger partial charge in [0.15, 0.2) is 17.3 Å². The third kappa shape index (κ3) is 3.62. The Morgan fingerprint density at radius 1 is 1.03 bits per heavy atom. The summed E-state index contributed by atoms with van der Waals surface area (Å²) >= 11 is 3.68. The van der Waals surface area contributed by atoms with Gasteiger partial charge in [0.05, 0.1) is 31.6 Å². The Bertz CT molecular complexity index is 1010. The number of carbonyl (C=O) groups is 1. The lowest BCUT2D eigenvalue weighted by Crippen LogP contribution is -2.31. The van der Waals surface area contributed by atoms with Crippen LogP contribution in [-0.4, -0.2) is 20.0 Å². The minimum atomic E-state index is -0.307. The van der Waals surface area contributed by atoms with Crippen LogP contribution < -0.4 is 20.1 Å². The van der Waals surface area contributed by atoms with Crippen LogP contribution in [-0.2, 0) is 4.79 Å². The van der Waals surface area contributed by atoms with E-state index in [1.807, 2.05) is 36.4 Å². The number of rotatable bonds is 3. The first kappa shape index (κ1) is 19.8. The molecule has 5 nitrogen and oxygen atoms in total. The number of carbonyl (C=O) groups excluding carboxylic acids is 1. The minimum absolute atomic E-state index is 0.0818. The quantitative estimate of drug-likeness (QED) is 0.621. The fourth-order valence-corrected chi connectivity index (χ4v) is 4.77. The second-order valence-corrected chi connectivity index (χ2v) is 9.16. The number of nitrogens with one attached hydrogen (secondary N) is 2. The van der Waals surface area contributed by atoms with E-state index in [1.54, 1.807) is 14.2 Å². The third-order valence-corrected chi connectivity index (χ3v) is 6.22. The number of Topliss-reactive ketones (excluding diaryl/α,β-unsaturated/α-hetero) is 1. The first-order valence-electron chi connectivity index (χ1n) is 9.63. The second kappa shape index (κ2) is 7.41. The number of anilines is 2. The normalized spacial score (nSPS) is 20.0. The maximum absolute atomic E-state index is 13.3. The molecule has 1 unspecified atom stereocenters. The van der Waals surface area contributed by atoms with Gasteiger partial charge >= 0.3 is 0 Å². The molecular formula is C23H25BrN2O3. The predicted molar refractivity (Wildman–Crippen MR) is 119 cm³/mol. The number of hydrogen-bond acceptors (Lipinski definition) is 5. The van der Waals surface area contributed by atoms with Crippen molar-refractivity contribution >= 4 is 33.1 Å². The Morgan fingerprint density at radius 2 is 1.69 bits per heavy atom. The molecule has 0 radical (unpaired) electrons. The molecule has 1 atom stereocenters. The number of hydrogen-bond donors (Lipinski definition) is 2. The van der Waals surface area contributed by atoms with Crippen LogP contribution in [0.3, 0.4) is 0 Å². The Kier molecular flexibility index (Phi) is 5.07. The van der Waals surface area contributed by atoms with E-state index < -0.39 is 0 Å². The SMILES string of the molecule is COc1cc(Br)c(C2Nc3ccccc3NC3=C2C(=O)CC(C)(C)C3)cc1OC. The Morgan fingerprint density at radius 3 is 2.38 bits per heavy atom. The highest BCUT2D eigenvalue weighted by Gasteiger charge is 2.39. The van der Waals surface area contributed by atoms with Crippen molar-refractivity contribution < 1.29 is 14.3 Å². The molecule has 0 bridgehead atoms. The molecule has 0 fully saturated rings. The van der Waals surface area contributed by atoms with Gasteiger partial charge in [-0.25, -0.2) is 0 Å². The van der Waals surface area contributed by atoms with E-state index in [0.29, 0.717) is 17.9 Å². The summed E-state index contributed by atoms with van der Waals surface area (Å²) in [6, 6.07) is 11.6. The fourth-order valence-electron chi connectivity index (χ4n) is 4.21. The molecule has 2 aliphatic rings. The van der Waals surface area contributed by atoms with Gasteiger partial charge in [0, 0.05) is 22.2 Å². The maximum Gasteiger partial charge on any atom is 0.163 e.